The second-order valence-electron chi connectivity index (χ2n) is 4.07. The number of H-pyrrole nitrogens is 1. The maximum absolute atomic E-state index is 5.40. The molecule has 0 amide bonds. The zero-order valence-corrected chi connectivity index (χ0v) is 11.1. The molecule has 0 atom stereocenters. The van der Waals surface area contributed by atoms with Crippen molar-refractivity contribution >= 4 is 34.6 Å². The van der Waals surface area contributed by atoms with Gasteiger partial charge in [0.15, 0.2) is 4.77 Å². The Labute approximate surface area is 109 Å². The summed E-state index contributed by atoms with van der Waals surface area (Å²) in [5, 5.41) is 2.10. The molecule has 2 nitrogen and oxygen atoms in total. The summed E-state index contributed by atoms with van der Waals surface area (Å²) in [6.45, 7) is 2.97. The minimum atomic E-state index is 0.794. The smallest absolute Gasteiger partial charge is 0.178 e. The van der Waals surface area contributed by atoms with Crippen LogP contribution in [0.5, 0.6) is 0 Å². The van der Waals surface area contributed by atoms with Gasteiger partial charge < -0.3 is 9.55 Å². The Kier molecular flexibility index (Phi) is 2.61. The molecule has 0 saturated heterocycles. The third-order valence-corrected chi connectivity index (χ3v) is 4.07. The van der Waals surface area contributed by atoms with E-state index in [0.29, 0.717) is 0 Å². The molecule has 2 aromatic heterocycles. The molecule has 0 aliphatic carbocycles. The minimum absolute atomic E-state index is 0.794. The Balaban J connectivity index is 2.21. The number of nitrogens with zero attached hydrogens (tertiary/aromatic N) is 1. The van der Waals surface area contributed by atoms with Gasteiger partial charge in [0.1, 0.15) is 0 Å². The van der Waals surface area contributed by atoms with Gasteiger partial charge in [0.25, 0.3) is 0 Å². The SMILES string of the molecule is Cc1cccc2[nH]c(=S)n(Cc3cccs3)c12. The fourth-order valence-electron chi connectivity index (χ4n) is 2.11. The van der Waals surface area contributed by atoms with Crippen molar-refractivity contribution in [1.29, 1.82) is 0 Å². The van der Waals surface area contributed by atoms with E-state index in [-0.39, 0.29) is 0 Å². The van der Waals surface area contributed by atoms with E-state index in [1.54, 1.807) is 11.3 Å². The van der Waals surface area contributed by atoms with E-state index >= 15 is 0 Å². The van der Waals surface area contributed by atoms with Crippen molar-refractivity contribution in [3.63, 3.8) is 0 Å². The van der Waals surface area contributed by atoms with Crippen LogP contribution in [-0.2, 0) is 6.54 Å². The van der Waals surface area contributed by atoms with Crippen molar-refractivity contribution in [2.45, 2.75) is 13.5 Å². The van der Waals surface area contributed by atoms with Crippen LogP contribution in [0.2, 0.25) is 0 Å². The van der Waals surface area contributed by atoms with E-state index in [9.17, 15) is 0 Å². The summed E-state index contributed by atoms with van der Waals surface area (Å²) in [5.74, 6) is 0. The zero-order chi connectivity index (χ0) is 11.8. The van der Waals surface area contributed by atoms with E-state index in [2.05, 4.69) is 52.2 Å². The van der Waals surface area contributed by atoms with E-state index in [0.717, 1.165) is 16.8 Å². The maximum atomic E-state index is 5.40. The first-order valence-corrected chi connectivity index (χ1v) is 6.75. The van der Waals surface area contributed by atoms with Gasteiger partial charge in [0, 0.05) is 4.88 Å². The van der Waals surface area contributed by atoms with E-state index in [4.69, 9.17) is 12.2 Å². The van der Waals surface area contributed by atoms with Crippen LogP contribution in [0.15, 0.2) is 35.7 Å². The summed E-state index contributed by atoms with van der Waals surface area (Å²) in [6.07, 6.45) is 0. The Morgan fingerprint density at radius 1 is 1.29 bits per heavy atom. The average molecular weight is 260 g/mol. The van der Waals surface area contributed by atoms with Crippen molar-refractivity contribution in [2.24, 2.45) is 0 Å². The number of imidazole rings is 1. The van der Waals surface area contributed by atoms with Crippen molar-refractivity contribution in [3.05, 3.63) is 50.9 Å². The Bertz CT molecular complexity index is 705. The molecule has 86 valence electrons. The van der Waals surface area contributed by atoms with Crippen molar-refractivity contribution in [3.8, 4) is 0 Å². The van der Waals surface area contributed by atoms with Crippen LogP contribution in [0.4, 0.5) is 0 Å². The Morgan fingerprint density at radius 3 is 2.94 bits per heavy atom. The number of hydrogen-bond donors (Lipinski definition) is 1. The number of rotatable bonds is 2. The lowest BCUT2D eigenvalue weighted by Crippen LogP contribution is -1.98. The van der Waals surface area contributed by atoms with Crippen LogP contribution in [0.3, 0.4) is 0 Å². The highest BCUT2D eigenvalue weighted by Gasteiger charge is 2.07. The molecule has 0 aliphatic heterocycles. The van der Waals surface area contributed by atoms with Gasteiger partial charge in [-0.1, -0.05) is 18.2 Å². The number of aromatic amines is 1. The highest BCUT2D eigenvalue weighted by atomic mass is 32.1. The molecule has 4 heteroatoms. The summed E-state index contributed by atoms with van der Waals surface area (Å²) in [6, 6.07) is 10.5. The van der Waals surface area contributed by atoms with Crippen LogP contribution in [0, 0.1) is 11.7 Å². The third kappa shape index (κ3) is 1.83. The predicted octanol–water partition coefficient (Wildman–Crippen LogP) is 4.12. The molecular formula is C13H12N2S2. The molecule has 3 rings (SSSR count). The number of benzene rings is 1. The van der Waals surface area contributed by atoms with Crippen LogP contribution in [0.1, 0.15) is 10.4 Å². The standard InChI is InChI=1S/C13H12N2S2/c1-9-4-2-6-11-12(9)15(13(16)14-11)8-10-5-3-7-17-10/h2-7H,8H2,1H3,(H,14,16). The molecule has 1 N–H and O–H groups in total. The molecule has 0 saturated carbocycles. The molecule has 0 radical (unpaired) electrons. The van der Waals surface area contributed by atoms with Gasteiger partial charge in [-0.05, 0) is 42.2 Å². The number of thiophene rings is 1. The normalized spacial score (nSPS) is 11.1. The third-order valence-electron chi connectivity index (χ3n) is 2.89. The van der Waals surface area contributed by atoms with Gasteiger partial charge in [-0.25, -0.2) is 0 Å². The molecule has 0 aliphatic rings. The van der Waals surface area contributed by atoms with Gasteiger partial charge in [0.05, 0.1) is 17.6 Å². The zero-order valence-electron chi connectivity index (χ0n) is 9.43. The molecule has 17 heavy (non-hydrogen) atoms. The number of aryl methyl sites for hydroxylation is 1. The first-order chi connectivity index (χ1) is 8.25. The van der Waals surface area contributed by atoms with E-state index in [1.165, 1.54) is 16.0 Å². The molecule has 1 aromatic carbocycles. The Hall–Kier alpha value is -1.39. The quantitative estimate of drug-likeness (QED) is 0.687. The molecule has 0 bridgehead atoms. The fourth-order valence-corrected chi connectivity index (χ4v) is 3.07. The predicted molar refractivity (Wildman–Crippen MR) is 75.3 cm³/mol. The monoisotopic (exact) mass is 260 g/mol. The molecule has 0 fully saturated rings. The van der Waals surface area contributed by atoms with Crippen molar-refractivity contribution in [2.75, 3.05) is 0 Å². The first-order valence-electron chi connectivity index (χ1n) is 5.46. The topological polar surface area (TPSA) is 20.7 Å². The molecule has 0 unspecified atom stereocenters. The van der Waals surface area contributed by atoms with Gasteiger partial charge >= 0.3 is 0 Å². The van der Waals surface area contributed by atoms with Crippen molar-refractivity contribution < 1.29 is 0 Å². The number of hydrogen-bond acceptors (Lipinski definition) is 2. The lowest BCUT2D eigenvalue weighted by molar-refractivity contribution is 0.821. The van der Waals surface area contributed by atoms with Crippen molar-refractivity contribution in [1.82, 2.24) is 9.55 Å². The number of nitrogens with one attached hydrogen (secondary N) is 1. The number of aromatic nitrogens is 2. The van der Waals surface area contributed by atoms with Crippen LogP contribution in [-0.4, -0.2) is 9.55 Å². The Morgan fingerprint density at radius 2 is 2.18 bits per heavy atom. The number of fused-ring (bicyclic) bond motifs is 1. The molecule has 0 spiro atoms. The summed E-state index contributed by atoms with van der Waals surface area (Å²) < 4.78 is 2.97. The summed E-state index contributed by atoms with van der Waals surface area (Å²) in [7, 11) is 0. The lowest BCUT2D eigenvalue weighted by Gasteiger charge is -2.04. The fraction of sp³-hybridized carbons (Fsp3) is 0.154. The summed E-state index contributed by atoms with van der Waals surface area (Å²) in [4.78, 5) is 4.59. The molecular weight excluding hydrogens is 248 g/mol. The molecule has 3 aromatic rings. The highest BCUT2D eigenvalue weighted by Crippen LogP contribution is 2.20. The molecule has 2 heterocycles. The first kappa shape index (κ1) is 10.7. The minimum Gasteiger partial charge on any atom is -0.331 e. The van der Waals surface area contributed by atoms with Gasteiger partial charge in [-0.3, -0.25) is 0 Å². The lowest BCUT2D eigenvalue weighted by atomic mass is 10.2. The summed E-state index contributed by atoms with van der Waals surface area (Å²) in [5.41, 5.74) is 3.59. The largest absolute Gasteiger partial charge is 0.331 e. The maximum Gasteiger partial charge on any atom is 0.178 e. The second-order valence-corrected chi connectivity index (χ2v) is 5.49. The highest BCUT2D eigenvalue weighted by molar-refractivity contribution is 7.71. The van der Waals surface area contributed by atoms with Crippen LogP contribution >= 0.6 is 23.6 Å². The van der Waals surface area contributed by atoms with Crippen LogP contribution < -0.4 is 0 Å². The average Bonchev–Trinajstić information content (AvgIpc) is 2.89. The van der Waals surface area contributed by atoms with Crippen LogP contribution in [0.25, 0.3) is 11.0 Å². The second kappa shape index (κ2) is 4.13. The summed E-state index contributed by atoms with van der Waals surface area (Å²) >= 11 is 7.16. The van der Waals surface area contributed by atoms with Gasteiger partial charge in [-0.15, -0.1) is 11.3 Å². The number of para-hydroxylation sites is 1. The van der Waals surface area contributed by atoms with Gasteiger partial charge in [0.2, 0.25) is 0 Å². The van der Waals surface area contributed by atoms with Gasteiger partial charge in [-0.2, -0.15) is 0 Å². The van der Waals surface area contributed by atoms with E-state index in [1.807, 2.05) is 0 Å². The van der Waals surface area contributed by atoms with E-state index < -0.39 is 0 Å².